The van der Waals surface area contributed by atoms with Crippen LogP contribution >= 0.6 is 0 Å². The molecule has 31 heavy (non-hydrogen) atoms. The number of nitrogens with zero attached hydrogens (tertiary/aromatic N) is 4. The molecule has 1 aliphatic carbocycles. The van der Waals surface area contributed by atoms with Gasteiger partial charge in [0.2, 0.25) is 0 Å². The highest BCUT2D eigenvalue weighted by molar-refractivity contribution is 6.01. The average molecular weight is 417 g/mol. The highest BCUT2D eigenvalue weighted by Gasteiger charge is 2.30. The number of hydrogen-bond acceptors (Lipinski definition) is 6. The normalized spacial score (nSPS) is 19.8. The van der Waals surface area contributed by atoms with Gasteiger partial charge in [-0.25, -0.2) is 0 Å². The number of benzene rings is 1. The molecule has 4 heterocycles. The maximum atomic E-state index is 4.31. The van der Waals surface area contributed by atoms with E-state index >= 15 is 0 Å². The highest BCUT2D eigenvalue weighted by Crippen LogP contribution is 2.33. The third-order valence-corrected chi connectivity index (χ3v) is 6.30. The molecule has 0 amide bonds. The molecule has 2 atom stereocenters. The summed E-state index contributed by atoms with van der Waals surface area (Å²) in [6.45, 7) is 4.13. The number of aromatic amines is 2. The van der Waals surface area contributed by atoms with Crippen molar-refractivity contribution in [1.82, 2.24) is 35.9 Å². The minimum absolute atomic E-state index is 0.770. The lowest BCUT2D eigenvalue weighted by molar-refractivity contribution is 0.518. The Labute approximate surface area is 181 Å². The van der Waals surface area contributed by atoms with Crippen molar-refractivity contribution in [2.24, 2.45) is 5.92 Å². The molecule has 1 saturated carbocycles. The predicted octanol–water partition coefficient (Wildman–Crippen LogP) is 3.99. The second-order valence-electron chi connectivity index (χ2n) is 8.18. The predicted molar refractivity (Wildman–Crippen MR) is 123 cm³/mol. The molecule has 8 heteroatoms. The molecule has 2 fully saturated rings. The molecule has 0 bridgehead atoms. The van der Waals surface area contributed by atoms with E-state index < -0.39 is 0 Å². The summed E-state index contributed by atoms with van der Waals surface area (Å²) in [6.07, 6.45) is 11.4. The van der Waals surface area contributed by atoms with Gasteiger partial charge >= 0.3 is 0 Å². The third-order valence-electron chi connectivity index (χ3n) is 6.30. The van der Waals surface area contributed by atoms with Gasteiger partial charge in [-0.3, -0.25) is 10.2 Å². The molecule has 160 valence electrons. The largest absolute Gasteiger partial charge is 0.369 e. The van der Waals surface area contributed by atoms with Crippen molar-refractivity contribution in [3.63, 3.8) is 0 Å². The average Bonchev–Trinajstić information content (AvgIpc) is 3.59. The molecule has 2 unspecified atom stereocenters. The van der Waals surface area contributed by atoms with Gasteiger partial charge < -0.3 is 10.6 Å². The summed E-state index contributed by atoms with van der Waals surface area (Å²) in [5.74, 6) is 1.84. The van der Waals surface area contributed by atoms with Crippen LogP contribution in [-0.4, -0.2) is 49.7 Å². The summed E-state index contributed by atoms with van der Waals surface area (Å²) in [7, 11) is 0. The van der Waals surface area contributed by atoms with E-state index in [1.165, 1.54) is 32.2 Å². The number of H-pyrrole nitrogens is 2. The first-order valence-corrected chi connectivity index (χ1v) is 11.1. The number of hydrogen-bond donors (Lipinski definition) is 4. The van der Waals surface area contributed by atoms with Crippen LogP contribution in [0.2, 0.25) is 0 Å². The SMILES string of the molecule is C1CC2CCNC2C1.CCNc1ccc(-c2ccc(-c3cn[nH]c3)c3cn[nH]c23)nn1. The number of nitrogens with one attached hydrogen (secondary N) is 4. The fraction of sp³-hybridized carbons (Fsp3) is 0.391. The molecule has 1 aromatic carbocycles. The van der Waals surface area contributed by atoms with E-state index in [9.17, 15) is 0 Å². The maximum absolute atomic E-state index is 4.31. The molecule has 0 radical (unpaired) electrons. The lowest BCUT2D eigenvalue weighted by Crippen LogP contribution is -2.21. The van der Waals surface area contributed by atoms with Crippen molar-refractivity contribution < 1.29 is 0 Å². The van der Waals surface area contributed by atoms with Gasteiger partial charge in [0, 0.05) is 35.3 Å². The van der Waals surface area contributed by atoms with Gasteiger partial charge in [-0.1, -0.05) is 12.5 Å². The number of anilines is 1. The van der Waals surface area contributed by atoms with Crippen LogP contribution in [0.5, 0.6) is 0 Å². The molecule has 4 aromatic rings. The summed E-state index contributed by atoms with van der Waals surface area (Å²) in [6, 6.07) is 8.89. The zero-order valence-corrected chi connectivity index (χ0v) is 17.7. The van der Waals surface area contributed by atoms with Gasteiger partial charge in [0.1, 0.15) is 5.82 Å². The van der Waals surface area contributed by atoms with Crippen LogP contribution in [0.15, 0.2) is 42.9 Å². The summed E-state index contributed by atoms with van der Waals surface area (Å²) >= 11 is 0. The van der Waals surface area contributed by atoms with Gasteiger partial charge in [0.25, 0.3) is 0 Å². The van der Waals surface area contributed by atoms with Crippen molar-refractivity contribution >= 4 is 16.7 Å². The molecule has 2 aliphatic rings. The van der Waals surface area contributed by atoms with Crippen molar-refractivity contribution in [2.75, 3.05) is 18.4 Å². The first-order valence-electron chi connectivity index (χ1n) is 11.1. The van der Waals surface area contributed by atoms with Gasteiger partial charge in [0.05, 0.1) is 23.6 Å². The summed E-state index contributed by atoms with van der Waals surface area (Å²) in [4.78, 5) is 0. The van der Waals surface area contributed by atoms with Crippen LogP contribution in [-0.2, 0) is 0 Å². The Morgan fingerprint density at radius 3 is 2.71 bits per heavy atom. The molecule has 4 N–H and O–H groups in total. The molecule has 8 nitrogen and oxygen atoms in total. The van der Waals surface area contributed by atoms with Gasteiger partial charge in [-0.05, 0) is 62.4 Å². The Morgan fingerprint density at radius 1 is 1.00 bits per heavy atom. The summed E-state index contributed by atoms with van der Waals surface area (Å²) in [5.41, 5.74) is 4.81. The fourth-order valence-electron chi connectivity index (χ4n) is 4.76. The van der Waals surface area contributed by atoms with Crippen LogP contribution in [0.1, 0.15) is 32.6 Å². The minimum Gasteiger partial charge on any atom is -0.369 e. The van der Waals surface area contributed by atoms with E-state index in [2.05, 4.69) is 47.3 Å². The Kier molecular flexibility index (Phi) is 5.62. The monoisotopic (exact) mass is 416 g/mol. The second kappa shape index (κ2) is 8.85. The van der Waals surface area contributed by atoms with Crippen molar-refractivity contribution in [1.29, 1.82) is 0 Å². The summed E-state index contributed by atoms with van der Waals surface area (Å²) in [5, 5.41) is 30.3. The van der Waals surface area contributed by atoms with E-state index in [0.717, 1.165) is 57.6 Å². The molecule has 6 rings (SSSR count). The Bertz CT molecular complexity index is 1100. The number of aromatic nitrogens is 6. The van der Waals surface area contributed by atoms with Crippen LogP contribution in [0.4, 0.5) is 5.82 Å². The molecule has 0 spiro atoms. The van der Waals surface area contributed by atoms with Crippen LogP contribution in [0.25, 0.3) is 33.3 Å². The van der Waals surface area contributed by atoms with E-state index in [-0.39, 0.29) is 0 Å². The van der Waals surface area contributed by atoms with Crippen molar-refractivity contribution in [2.45, 2.75) is 38.6 Å². The van der Waals surface area contributed by atoms with Gasteiger partial charge in [-0.2, -0.15) is 10.2 Å². The number of rotatable bonds is 4. The lowest BCUT2D eigenvalue weighted by atomic mass is 10.0. The van der Waals surface area contributed by atoms with Crippen molar-refractivity contribution in [3.8, 4) is 22.4 Å². The number of fused-ring (bicyclic) bond motifs is 2. The molecule has 1 aliphatic heterocycles. The minimum atomic E-state index is 0.770. The first kappa shape index (κ1) is 19.7. The van der Waals surface area contributed by atoms with E-state index in [4.69, 9.17) is 0 Å². The lowest BCUT2D eigenvalue weighted by Gasteiger charge is -2.06. The standard InChI is InChI=1S/C16H15N7.C7H13N/c1-2-17-15-6-5-14(21-22-15)12-4-3-11(10-7-18-19-8-10)13-9-20-23-16(12)13;1-2-6-4-5-8-7(6)3-1/h3-9H,2H2,1H3,(H,17,22)(H,18,19)(H,20,23);6-8H,1-5H2. The van der Waals surface area contributed by atoms with E-state index in [0.29, 0.717) is 0 Å². The second-order valence-corrected chi connectivity index (χ2v) is 8.18. The fourth-order valence-corrected chi connectivity index (χ4v) is 4.76. The van der Waals surface area contributed by atoms with Crippen LogP contribution < -0.4 is 10.6 Å². The van der Waals surface area contributed by atoms with Crippen LogP contribution in [0, 0.1) is 5.92 Å². The molecule has 1 saturated heterocycles. The van der Waals surface area contributed by atoms with Crippen molar-refractivity contribution in [3.05, 3.63) is 42.9 Å². The molecule has 3 aromatic heterocycles. The Balaban J connectivity index is 0.000000212. The van der Waals surface area contributed by atoms with Gasteiger partial charge in [-0.15, -0.1) is 10.2 Å². The Hall–Kier alpha value is -3.26. The van der Waals surface area contributed by atoms with Gasteiger partial charge in [0.15, 0.2) is 0 Å². The zero-order valence-electron chi connectivity index (χ0n) is 17.7. The highest BCUT2D eigenvalue weighted by atomic mass is 15.2. The maximum Gasteiger partial charge on any atom is 0.148 e. The quantitative estimate of drug-likeness (QED) is 0.401. The Morgan fingerprint density at radius 2 is 1.94 bits per heavy atom. The topological polar surface area (TPSA) is 107 Å². The van der Waals surface area contributed by atoms with E-state index in [1.54, 1.807) is 6.20 Å². The summed E-state index contributed by atoms with van der Waals surface area (Å²) < 4.78 is 0. The third kappa shape index (κ3) is 4.03. The smallest absolute Gasteiger partial charge is 0.148 e. The molecular formula is C23H28N8. The first-order chi connectivity index (χ1) is 15.3. The molecular weight excluding hydrogens is 388 g/mol. The zero-order chi connectivity index (χ0) is 21.0. The van der Waals surface area contributed by atoms with Crippen LogP contribution in [0.3, 0.4) is 0 Å². The van der Waals surface area contributed by atoms with E-state index in [1.807, 2.05) is 37.5 Å².